The molecule has 5 rings (SSSR count). The summed E-state index contributed by atoms with van der Waals surface area (Å²) in [6, 6.07) is 19.1. The first-order valence-electron chi connectivity index (χ1n) is 9.76. The van der Waals surface area contributed by atoms with Crippen LogP contribution in [-0.2, 0) is 7.05 Å². The number of fused-ring (bicyclic) bond motifs is 2. The Morgan fingerprint density at radius 3 is 2.39 bits per heavy atom. The summed E-state index contributed by atoms with van der Waals surface area (Å²) < 4.78 is 9.06. The van der Waals surface area contributed by atoms with E-state index in [1.54, 1.807) is 25.2 Å². The molecule has 2 aromatic heterocycles. The third-order valence-electron chi connectivity index (χ3n) is 5.41. The van der Waals surface area contributed by atoms with Crippen molar-refractivity contribution < 1.29 is 9.53 Å². The van der Waals surface area contributed by atoms with Gasteiger partial charge in [-0.2, -0.15) is 5.10 Å². The number of carbonyl (C=O) groups excluding carboxylic acids is 1. The monoisotopic (exact) mass is 428 g/mol. The van der Waals surface area contributed by atoms with Crippen LogP contribution < -0.4 is 4.74 Å². The van der Waals surface area contributed by atoms with Crippen LogP contribution in [0.3, 0.4) is 0 Å². The molecule has 0 N–H and O–H groups in total. The van der Waals surface area contributed by atoms with Gasteiger partial charge in [-0.1, -0.05) is 6.07 Å². The number of rotatable bonds is 5. The molecule has 0 spiro atoms. The summed E-state index contributed by atoms with van der Waals surface area (Å²) in [4.78, 5) is 17.6. The fourth-order valence-electron chi connectivity index (χ4n) is 3.73. The number of methoxy groups -OCH3 is 1. The predicted molar refractivity (Wildman–Crippen MR) is 124 cm³/mol. The fraction of sp³-hybridized carbons (Fsp3) is 0.125. The number of carbonyl (C=O) groups is 1. The molecule has 0 unspecified atom stereocenters. The van der Waals surface area contributed by atoms with Crippen molar-refractivity contribution in [2.75, 3.05) is 13.4 Å². The summed E-state index contributed by atoms with van der Waals surface area (Å²) in [5, 5.41) is 6.70. The lowest BCUT2D eigenvalue weighted by molar-refractivity contribution is 0.103. The van der Waals surface area contributed by atoms with Gasteiger partial charge < -0.3 is 9.30 Å². The van der Waals surface area contributed by atoms with Crippen molar-refractivity contribution in [3.63, 3.8) is 0 Å². The minimum Gasteiger partial charge on any atom is -0.497 e. The van der Waals surface area contributed by atoms with Crippen molar-refractivity contribution in [2.45, 2.75) is 5.03 Å². The molecule has 0 aliphatic rings. The van der Waals surface area contributed by atoms with Gasteiger partial charge in [-0.3, -0.25) is 4.79 Å². The SMILES string of the molecule is COc1ccc(-n2nc(SC)c3ccc(C(=O)c4ccc5ncn(C)c5c4)cc32)cc1. The molecule has 0 fully saturated rings. The molecule has 0 saturated heterocycles. The normalized spacial score (nSPS) is 11.3. The number of thioether (sulfide) groups is 1. The Balaban J connectivity index is 1.62. The molecule has 3 aromatic carbocycles. The minimum atomic E-state index is -0.0295. The Labute approximate surface area is 183 Å². The number of ether oxygens (including phenoxy) is 1. The van der Waals surface area contributed by atoms with Crippen molar-refractivity contribution in [3.05, 3.63) is 78.1 Å². The van der Waals surface area contributed by atoms with E-state index in [2.05, 4.69) is 4.98 Å². The van der Waals surface area contributed by atoms with Crippen molar-refractivity contribution >= 4 is 39.5 Å². The van der Waals surface area contributed by atoms with Crippen LogP contribution in [0.5, 0.6) is 5.75 Å². The number of hydrogen-bond acceptors (Lipinski definition) is 5. The zero-order chi connectivity index (χ0) is 21.5. The van der Waals surface area contributed by atoms with Gasteiger partial charge in [0.25, 0.3) is 0 Å². The van der Waals surface area contributed by atoms with Crippen LogP contribution in [0.15, 0.2) is 72.0 Å². The van der Waals surface area contributed by atoms with Crippen LogP contribution in [0.4, 0.5) is 0 Å². The van der Waals surface area contributed by atoms with Gasteiger partial charge in [-0.05, 0) is 60.9 Å². The summed E-state index contributed by atoms with van der Waals surface area (Å²) in [5.41, 5.74) is 4.86. The zero-order valence-corrected chi connectivity index (χ0v) is 18.2. The molecule has 154 valence electrons. The first kappa shape index (κ1) is 19.4. The first-order valence-corrected chi connectivity index (χ1v) is 11.0. The van der Waals surface area contributed by atoms with Gasteiger partial charge in [0, 0.05) is 23.6 Å². The number of hydrogen-bond donors (Lipinski definition) is 0. The molecule has 0 bridgehead atoms. The first-order chi connectivity index (χ1) is 15.1. The lowest BCUT2D eigenvalue weighted by Gasteiger charge is -2.07. The molecule has 0 aliphatic heterocycles. The highest BCUT2D eigenvalue weighted by Gasteiger charge is 2.16. The summed E-state index contributed by atoms with van der Waals surface area (Å²) >= 11 is 1.58. The molecule has 0 amide bonds. The molecule has 0 radical (unpaired) electrons. The average Bonchev–Trinajstić information content (AvgIpc) is 3.38. The van der Waals surface area contributed by atoms with Crippen molar-refractivity contribution in [2.24, 2.45) is 7.05 Å². The molecule has 7 heteroatoms. The maximum atomic E-state index is 13.3. The smallest absolute Gasteiger partial charge is 0.193 e. The van der Waals surface area contributed by atoms with Gasteiger partial charge in [0.15, 0.2) is 5.78 Å². The van der Waals surface area contributed by atoms with Crippen molar-refractivity contribution in [1.82, 2.24) is 19.3 Å². The van der Waals surface area contributed by atoms with E-state index in [4.69, 9.17) is 9.84 Å². The molecule has 5 aromatic rings. The second-order valence-corrected chi connectivity index (χ2v) is 8.03. The number of imidazole rings is 1. The minimum absolute atomic E-state index is 0.0295. The molecule has 2 heterocycles. The molecule has 0 aliphatic carbocycles. The molecule has 6 nitrogen and oxygen atoms in total. The Bertz CT molecular complexity index is 1430. The van der Waals surface area contributed by atoms with Crippen molar-refractivity contribution in [1.29, 1.82) is 0 Å². The van der Waals surface area contributed by atoms with Crippen LogP contribution in [0.25, 0.3) is 27.6 Å². The van der Waals surface area contributed by atoms with Crippen molar-refractivity contribution in [3.8, 4) is 11.4 Å². The number of aryl methyl sites for hydroxylation is 1. The van der Waals surface area contributed by atoms with E-state index in [1.165, 1.54) is 0 Å². The van der Waals surface area contributed by atoms with Crippen LogP contribution in [0.1, 0.15) is 15.9 Å². The molecular weight excluding hydrogens is 408 g/mol. The Hall–Kier alpha value is -3.58. The predicted octanol–water partition coefficient (Wildman–Crippen LogP) is 4.87. The maximum absolute atomic E-state index is 13.3. The van der Waals surface area contributed by atoms with E-state index in [0.29, 0.717) is 11.1 Å². The Morgan fingerprint density at radius 2 is 1.68 bits per heavy atom. The molecule has 0 atom stereocenters. The highest BCUT2D eigenvalue weighted by atomic mass is 32.2. The molecule has 31 heavy (non-hydrogen) atoms. The number of aromatic nitrogens is 4. The second kappa shape index (κ2) is 7.59. The summed E-state index contributed by atoms with van der Waals surface area (Å²) in [6.45, 7) is 0. The second-order valence-electron chi connectivity index (χ2n) is 7.24. The Morgan fingerprint density at radius 1 is 0.968 bits per heavy atom. The third kappa shape index (κ3) is 3.27. The van der Waals surface area contributed by atoms with E-state index in [0.717, 1.165) is 38.4 Å². The Kier molecular flexibility index (Phi) is 4.75. The number of ketones is 1. The van der Waals surface area contributed by atoms with Gasteiger partial charge in [-0.15, -0.1) is 11.8 Å². The highest BCUT2D eigenvalue weighted by Crippen LogP contribution is 2.30. The molecule has 0 saturated carbocycles. The van der Waals surface area contributed by atoms with Crippen LogP contribution in [0, 0.1) is 0 Å². The number of benzene rings is 3. The third-order valence-corrected chi connectivity index (χ3v) is 6.10. The van der Waals surface area contributed by atoms with Crippen LogP contribution >= 0.6 is 11.8 Å². The average molecular weight is 429 g/mol. The largest absolute Gasteiger partial charge is 0.497 e. The van der Waals surface area contributed by atoms with E-state index >= 15 is 0 Å². The summed E-state index contributed by atoms with van der Waals surface area (Å²) in [7, 11) is 3.57. The van der Waals surface area contributed by atoms with E-state index in [1.807, 2.05) is 83.2 Å². The zero-order valence-electron chi connectivity index (χ0n) is 17.4. The molecular formula is C24H20N4O2S. The summed E-state index contributed by atoms with van der Waals surface area (Å²) in [6.07, 6.45) is 3.75. The number of nitrogens with zero attached hydrogens (tertiary/aromatic N) is 4. The van der Waals surface area contributed by atoms with Gasteiger partial charge in [0.1, 0.15) is 10.8 Å². The van der Waals surface area contributed by atoms with Gasteiger partial charge in [0.05, 0.1) is 35.7 Å². The topological polar surface area (TPSA) is 61.9 Å². The van der Waals surface area contributed by atoms with E-state index in [9.17, 15) is 4.79 Å². The highest BCUT2D eigenvalue weighted by molar-refractivity contribution is 7.98. The van der Waals surface area contributed by atoms with Crippen LogP contribution in [0.2, 0.25) is 0 Å². The fourth-order valence-corrected chi connectivity index (χ4v) is 4.29. The lowest BCUT2D eigenvalue weighted by atomic mass is 10.0. The van der Waals surface area contributed by atoms with Crippen LogP contribution in [-0.4, -0.2) is 38.5 Å². The summed E-state index contributed by atoms with van der Waals surface area (Å²) in [5.74, 6) is 0.755. The lowest BCUT2D eigenvalue weighted by Crippen LogP contribution is -2.03. The quantitative estimate of drug-likeness (QED) is 0.295. The van der Waals surface area contributed by atoms with Gasteiger partial charge in [0.2, 0.25) is 0 Å². The van der Waals surface area contributed by atoms with E-state index < -0.39 is 0 Å². The van der Waals surface area contributed by atoms with Gasteiger partial charge in [-0.25, -0.2) is 9.67 Å². The van der Waals surface area contributed by atoms with Gasteiger partial charge >= 0.3 is 0 Å². The maximum Gasteiger partial charge on any atom is 0.193 e. The van der Waals surface area contributed by atoms with E-state index in [-0.39, 0.29) is 5.78 Å². The standard InChI is InChI=1S/C24H20N4O2S/c1-27-14-25-20-11-5-16(13-22(20)27)23(29)15-4-10-19-21(12-15)28(26-24(19)31-3)17-6-8-18(30-2)9-7-17/h4-14H,1-3H3.